The van der Waals surface area contributed by atoms with E-state index in [4.69, 9.17) is 0 Å². The van der Waals surface area contributed by atoms with Crippen molar-refractivity contribution in [1.82, 2.24) is 4.90 Å². The van der Waals surface area contributed by atoms with Gasteiger partial charge in [-0.15, -0.1) is 0 Å². The van der Waals surface area contributed by atoms with E-state index in [2.05, 4.69) is 4.74 Å². The second kappa shape index (κ2) is 5.58. The smallest absolute Gasteiger partial charge is 0.422 e. The van der Waals surface area contributed by atoms with Gasteiger partial charge in [0.2, 0.25) is 0 Å². The fourth-order valence-corrected chi connectivity index (χ4v) is 2.24. The second-order valence-electron chi connectivity index (χ2n) is 4.57. The van der Waals surface area contributed by atoms with Crippen LogP contribution in [0.5, 0.6) is 5.75 Å². The first-order valence-electron chi connectivity index (χ1n) is 5.74. The van der Waals surface area contributed by atoms with E-state index in [1.54, 1.807) is 22.6 Å². The van der Waals surface area contributed by atoms with Crippen molar-refractivity contribution in [2.45, 2.75) is 12.1 Å². The third kappa shape index (κ3) is 4.17. The zero-order chi connectivity index (χ0) is 15.8. The number of alkyl halides is 5. The Labute approximate surface area is 130 Å². The van der Waals surface area contributed by atoms with Crippen LogP contribution in [0.2, 0.25) is 0 Å². The monoisotopic (exact) mass is 421 g/mol. The fraction of sp³-hybridized carbons (Fsp3) is 0.417. The summed E-state index contributed by atoms with van der Waals surface area (Å²) in [6, 6.07) is 3.89. The lowest BCUT2D eigenvalue weighted by atomic mass is 10.1. The van der Waals surface area contributed by atoms with Crippen molar-refractivity contribution in [2.75, 3.05) is 19.7 Å². The molecule has 1 aromatic rings. The molecule has 0 saturated carbocycles. The van der Waals surface area contributed by atoms with Crippen LogP contribution in [0, 0.1) is 3.57 Å². The molecule has 0 N–H and O–H groups in total. The molecule has 2 rings (SSSR count). The number of likely N-dealkylation sites (tertiary alicyclic amines) is 1. The average Bonchev–Trinajstić information content (AvgIpc) is 2.33. The van der Waals surface area contributed by atoms with Crippen molar-refractivity contribution in [3.05, 3.63) is 27.3 Å². The van der Waals surface area contributed by atoms with Crippen molar-refractivity contribution in [3.8, 4) is 5.75 Å². The molecule has 0 aliphatic carbocycles. The summed E-state index contributed by atoms with van der Waals surface area (Å²) >= 11 is 1.76. The van der Waals surface area contributed by atoms with Gasteiger partial charge >= 0.3 is 6.18 Å². The predicted molar refractivity (Wildman–Crippen MR) is 71.6 cm³/mol. The first-order chi connectivity index (χ1) is 9.57. The maximum atomic E-state index is 12.7. The summed E-state index contributed by atoms with van der Waals surface area (Å²) in [6.45, 7) is -2.85. The van der Waals surface area contributed by atoms with Crippen molar-refractivity contribution in [2.24, 2.45) is 0 Å². The summed E-state index contributed by atoms with van der Waals surface area (Å²) in [7, 11) is 0. The summed E-state index contributed by atoms with van der Waals surface area (Å²) in [5, 5.41) is 0. The van der Waals surface area contributed by atoms with Gasteiger partial charge in [-0.2, -0.15) is 13.2 Å². The van der Waals surface area contributed by atoms with Gasteiger partial charge in [0.05, 0.1) is 16.7 Å². The van der Waals surface area contributed by atoms with Gasteiger partial charge in [0.15, 0.2) is 6.61 Å². The third-order valence-corrected chi connectivity index (χ3v) is 3.59. The second-order valence-corrected chi connectivity index (χ2v) is 5.73. The Hall–Kier alpha value is -1.13. The maximum absolute atomic E-state index is 12.7. The Kier molecular flexibility index (Phi) is 4.31. The number of carbonyl (C=O) groups is 1. The number of hydrogen-bond donors (Lipinski definition) is 0. The fourth-order valence-electron chi connectivity index (χ4n) is 1.74. The minimum atomic E-state index is -4.50. The van der Waals surface area contributed by atoms with E-state index in [-0.39, 0.29) is 11.3 Å². The zero-order valence-corrected chi connectivity index (χ0v) is 12.5. The van der Waals surface area contributed by atoms with Gasteiger partial charge in [0.1, 0.15) is 5.75 Å². The minimum Gasteiger partial charge on any atom is -0.483 e. The summed E-state index contributed by atoms with van der Waals surface area (Å²) in [6.07, 6.45) is -4.50. The average molecular weight is 421 g/mol. The molecule has 1 amide bonds. The first-order valence-corrected chi connectivity index (χ1v) is 6.81. The highest BCUT2D eigenvalue weighted by Gasteiger charge is 2.46. The number of hydrogen-bond acceptors (Lipinski definition) is 2. The Bertz CT molecular complexity index is 553. The van der Waals surface area contributed by atoms with Crippen LogP contribution in [0.1, 0.15) is 10.4 Å². The van der Waals surface area contributed by atoms with E-state index in [1.807, 2.05) is 0 Å². The first kappa shape index (κ1) is 16.2. The van der Waals surface area contributed by atoms with Crippen molar-refractivity contribution >= 4 is 28.5 Å². The van der Waals surface area contributed by atoms with Crippen molar-refractivity contribution < 1.29 is 31.5 Å². The lowest BCUT2D eigenvalue weighted by Crippen LogP contribution is -2.58. The number of nitrogens with zero attached hydrogens (tertiary/aromatic N) is 1. The van der Waals surface area contributed by atoms with E-state index >= 15 is 0 Å². The van der Waals surface area contributed by atoms with Crippen LogP contribution >= 0.6 is 22.6 Å². The van der Waals surface area contributed by atoms with E-state index < -0.39 is 37.7 Å². The largest absolute Gasteiger partial charge is 0.483 e. The molecule has 0 atom stereocenters. The molecule has 3 nitrogen and oxygen atoms in total. The van der Waals surface area contributed by atoms with Crippen LogP contribution in [-0.2, 0) is 0 Å². The van der Waals surface area contributed by atoms with Gasteiger partial charge < -0.3 is 9.64 Å². The summed E-state index contributed by atoms with van der Waals surface area (Å²) in [4.78, 5) is 12.8. The lowest BCUT2D eigenvalue weighted by molar-refractivity contribution is -0.153. The SMILES string of the molecule is O=C(c1ccc(I)c(OCC(F)(F)F)c1)N1CC(F)(F)C1. The molecule has 1 aliphatic heterocycles. The number of benzene rings is 1. The van der Waals surface area contributed by atoms with Gasteiger partial charge in [0.25, 0.3) is 11.8 Å². The van der Waals surface area contributed by atoms with Crippen LogP contribution in [0.15, 0.2) is 18.2 Å². The molecule has 0 radical (unpaired) electrons. The molecule has 1 aromatic carbocycles. The molecule has 1 saturated heterocycles. The van der Waals surface area contributed by atoms with E-state index in [1.165, 1.54) is 12.1 Å². The lowest BCUT2D eigenvalue weighted by Gasteiger charge is -2.38. The van der Waals surface area contributed by atoms with Gasteiger partial charge in [-0.1, -0.05) is 0 Å². The van der Waals surface area contributed by atoms with Crippen LogP contribution < -0.4 is 4.74 Å². The molecule has 116 valence electrons. The third-order valence-electron chi connectivity index (χ3n) is 2.70. The van der Waals surface area contributed by atoms with Gasteiger partial charge in [-0.3, -0.25) is 4.79 Å². The number of halogens is 6. The normalized spacial score (nSPS) is 17.3. The standard InChI is InChI=1S/C12H9F5INO2/c13-11(14)4-19(5-11)10(20)7-1-2-8(18)9(3-7)21-6-12(15,16)17/h1-3H,4-6H2. The van der Waals surface area contributed by atoms with Gasteiger partial charge in [-0.25, -0.2) is 8.78 Å². The van der Waals surface area contributed by atoms with Crippen molar-refractivity contribution in [3.63, 3.8) is 0 Å². The molecule has 0 aromatic heterocycles. The van der Waals surface area contributed by atoms with Crippen LogP contribution in [0.4, 0.5) is 22.0 Å². The summed E-state index contributed by atoms with van der Waals surface area (Å²) in [5.41, 5.74) is 0.0168. The molecule has 9 heteroatoms. The molecule has 21 heavy (non-hydrogen) atoms. The van der Waals surface area contributed by atoms with Crippen molar-refractivity contribution in [1.29, 1.82) is 0 Å². The molecule has 0 bridgehead atoms. The number of carbonyl (C=O) groups excluding carboxylic acids is 1. The molecule has 1 fully saturated rings. The maximum Gasteiger partial charge on any atom is 0.422 e. The van der Waals surface area contributed by atoms with E-state index in [0.29, 0.717) is 3.57 Å². The molecule has 1 aliphatic rings. The van der Waals surface area contributed by atoms with Crippen LogP contribution in [-0.4, -0.2) is 42.6 Å². The topological polar surface area (TPSA) is 29.5 Å². The Balaban J connectivity index is 2.09. The van der Waals surface area contributed by atoms with Crippen LogP contribution in [0.25, 0.3) is 0 Å². The Morgan fingerprint density at radius 1 is 1.33 bits per heavy atom. The Morgan fingerprint density at radius 3 is 2.48 bits per heavy atom. The number of rotatable bonds is 3. The predicted octanol–water partition coefficient (Wildman–Crippen LogP) is 3.32. The van der Waals surface area contributed by atoms with E-state index in [9.17, 15) is 26.7 Å². The Morgan fingerprint density at radius 2 is 1.95 bits per heavy atom. The highest BCUT2D eigenvalue weighted by atomic mass is 127. The molecule has 0 unspecified atom stereocenters. The number of ether oxygens (including phenoxy) is 1. The zero-order valence-electron chi connectivity index (χ0n) is 10.4. The van der Waals surface area contributed by atoms with E-state index in [0.717, 1.165) is 11.0 Å². The molecular formula is C12H9F5INO2. The highest BCUT2D eigenvalue weighted by Crippen LogP contribution is 2.30. The highest BCUT2D eigenvalue weighted by molar-refractivity contribution is 14.1. The minimum absolute atomic E-state index is 0.0168. The van der Waals surface area contributed by atoms with Gasteiger partial charge in [0, 0.05) is 5.56 Å². The molecular weight excluding hydrogens is 412 g/mol. The number of amides is 1. The summed E-state index contributed by atoms with van der Waals surface area (Å²) in [5.74, 6) is -3.66. The van der Waals surface area contributed by atoms with Gasteiger partial charge in [-0.05, 0) is 40.8 Å². The van der Waals surface area contributed by atoms with Crippen LogP contribution in [0.3, 0.4) is 0 Å². The quantitative estimate of drug-likeness (QED) is 0.554. The molecule has 1 heterocycles. The molecule has 0 spiro atoms. The summed E-state index contributed by atoms with van der Waals surface area (Å²) < 4.78 is 66.8.